The summed E-state index contributed by atoms with van der Waals surface area (Å²) in [5.41, 5.74) is 1.73. The number of fused-ring (bicyclic) bond motifs is 2. The summed E-state index contributed by atoms with van der Waals surface area (Å²) in [6.07, 6.45) is 0. The van der Waals surface area contributed by atoms with Gasteiger partial charge >= 0.3 is 5.76 Å². The molecule has 0 bridgehead atoms. The summed E-state index contributed by atoms with van der Waals surface area (Å²) in [6.45, 7) is -0.0810. The summed E-state index contributed by atoms with van der Waals surface area (Å²) < 4.78 is 12.5. The zero-order valence-corrected chi connectivity index (χ0v) is 19.2. The number of benzene rings is 3. The average Bonchev–Trinajstić information content (AvgIpc) is 3.42. The molecule has 0 aliphatic carbocycles. The lowest BCUT2D eigenvalue weighted by atomic mass is 10.2. The van der Waals surface area contributed by atoms with E-state index in [0.29, 0.717) is 16.4 Å². The minimum Gasteiger partial charge on any atom is -0.497 e. The van der Waals surface area contributed by atoms with E-state index in [0.717, 1.165) is 20.3 Å². The Morgan fingerprint density at radius 3 is 2.71 bits per heavy atom. The van der Waals surface area contributed by atoms with Gasteiger partial charge in [0.15, 0.2) is 10.7 Å². The van der Waals surface area contributed by atoms with E-state index in [2.05, 4.69) is 4.98 Å². The van der Waals surface area contributed by atoms with Crippen molar-refractivity contribution in [1.82, 2.24) is 9.55 Å². The zero-order valence-electron chi connectivity index (χ0n) is 18.4. The first-order valence-electron chi connectivity index (χ1n) is 10.5. The minimum absolute atomic E-state index is 0.0405. The molecule has 0 aliphatic rings. The monoisotopic (exact) mass is 490 g/mol. The van der Waals surface area contributed by atoms with Crippen molar-refractivity contribution in [3.63, 3.8) is 0 Å². The lowest BCUT2D eigenvalue weighted by Gasteiger charge is -2.20. The maximum atomic E-state index is 13.5. The largest absolute Gasteiger partial charge is 0.497 e. The number of aromatic nitrogens is 2. The van der Waals surface area contributed by atoms with E-state index in [1.54, 1.807) is 13.2 Å². The summed E-state index contributed by atoms with van der Waals surface area (Å²) in [5, 5.41) is 11.5. The Balaban J connectivity index is 1.53. The smallest absolute Gasteiger partial charge is 0.420 e. The van der Waals surface area contributed by atoms with Crippen molar-refractivity contribution in [2.75, 3.05) is 12.0 Å². The van der Waals surface area contributed by atoms with Crippen LogP contribution < -0.4 is 15.4 Å². The summed E-state index contributed by atoms with van der Waals surface area (Å²) in [7, 11) is 1.58. The number of nitro benzene ring substituents is 1. The van der Waals surface area contributed by atoms with Crippen LogP contribution in [-0.4, -0.2) is 27.5 Å². The van der Waals surface area contributed by atoms with E-state index < -0.39 is 10.7 Å². The Hall–Kier alpha value is -4.51. The van der Waals surface area contributed by atoms with Crippen molar-refractivity contribution in [3.8, 4) is 5.75 Å². The summed E-state index contributed by atoms with van der Waals surface area (Å²) >= 11 is 1.34. The van der Waals surface area contributed by atoms with Crippen LogP contribution in [0.3, 0.4) is 0 Å². The fourth-order valence-corrected chi connectivity index (χ4v) is 4.71. The molecule has 0 radical (unpaired) electrons. The second-order valence-corrected chi connectivity index (χ2v) is 8.67. The highest BCUT2D eigenvalue weighted by atomic mass is 32.1. The molecule has 11 heteroatoms. The molecule has 35 heavy (non-hydrogen) atoms. The second kappa shape index (κ2) is 9.03. The van der Waals surface area contributed by atoms with Gasteiger partial charge in [-0.2, -0.15) is 0 Å². The van der Waals surface area contributed by atoms with Gasteiger partial charge < -0.3 is 9.15 Å². The SMILES string of the molecule is COc1ccc2nc(N(Cc3ccccc3)C(=O)Cn3c(=O)oc4cc([N+](=O)[O-])ccc43)sc2c1. The molecule has 3 aromatic carbocycles. The molecule has 2 aromatic heterocycles. The molecule has 5 aromatic rings. The number of thiazole rings is 1. The molecule has 10 nitrogen and oxygen atoms in total. The van der Waals surface area contributed by atoms with Crippen LogP contribution in [0.15, 0.2) is 75.9 Å². The molecular formula is C24H18N4O6S. The van der Waals surface area contributed by atoms with Crippen LogP contribution in [0.2, 0.25) is 0 Å². The van der Waals surface area contributed by atoms with Crippen LogP contribution >= 0.6 is 11.3 Å². The van der Waals surface area contributed by atoms with Crippen LogP contribution in [-0.2, 0) is 17.9 Å². The minimum atomic E-state index is -0.775. The topological polar surface area (TPSA) is 121 Å². The maximum absolute atomic E-state index is 13.5. The number of amides is 1. The average molecular weight is 490 g/mol. The number of nitrogens with zero attached hydrogens (tertiary/aromatic N) is 4. The fourth-order valence-electron chi connectivity index (χ4n) is 3.70. The first-order valence-corrected chi connectivity index (χ1v) is 11.3. The third-order valence-corrected chi connectivity index (χ3v) is 6.50. The van der Waals surface area contributed by atoms with E-state index in [9.17, 15) is 19.7 Å². The summed E-state index contributed by atoms with van der Waals surface area (Å²) in [6, 6.07) is 18.7. The zero-order chi connectivity index (χ0) is 24.5. The molecule has 0 saturated carbocycles. The Morgan fingerprint density at radius 1 is 1.17 bits per heavy atom. The Bertz CT molecular complexity index is 1620. The van der Waals surface area contributed by atoms with Gasteiger partial charge in [-0.3, -0.25) is 24.4 Å². The second-order valence-electron chi connectivity index (χ2n) is 7.66. The van der Waals surface area contributed by atoms with Gasteiger partial charge in [-0.1, -0.05) is 41.7 Å². The predicted molar refractivity (Wildman–Crippen MR) is 131 cm³/mol. The Labute approximate surface area is 201 Å². The number of hydrogen-bond donors (Lipinski definition) is 0. The molecule has 1 amide bonds. The molecule has 0 saturated heterocycles. The number of non-ortho nitro benzene ring substituents is 1. The highest BCUT2D eigenvalue weighted by Crippen LogP contribution is 2.32. The first-order chi connectivity index (χ1) is 16.9. The molecule has 0 aliphatic heterocycles. The number of hydrogen-bond acceptors (Lipinski definition) is 8. The lowest BCUT2D eigenvalue weighted by Crippen LogP contribution is -2.35. The maximum Gasteiger partial charge on any atom is 0.420 e. The van der Waals surface area contributed by atoms with Crippen molar-refractivity contribution >= 4 is 49.4 Å². The van der Waals surface area contributed by atoms with Crippen molar-refractivity contribution in [1.29, 1.82) is 0 Å². The van der Waals surface area contributed by atoms with Crippen LogP contribution in [0.25, 0.3) is 21.3 Å². The van der Waals surface area contributed by atoms with Crippen LogP contribution in [0, 0.1) is 10.1 Å². The standard InChI is InChI=1S/C24H18N4O6S/c1-33-17-8-9-18-21(12-17)35-23(25-18)27(13-15-5-3-2-4-6-15)22(29)14-26-19-10-7-16(28(31)32)11-20(19)34-24(26)30/h2-12H,13-14H2,1H3. The van der Waals surface area contributed by atoms with Crippen LogP contribution in [0.5, 0.6) is 5.75 Å². The Kier molecular flexibility index (Phi) is 5.75. The molecule has 176 valence electrons. The molecule has 0 fully saturated rings. The van der Waals surface area contributed by atoms with Gasteiger partial charge in [0.05, 0.1) is 40.4 Å². The highest BCUT2D eigenvalue weighted by molar-refractivity contribution is 7.22. The van der Waals surface area contributed by atoms with Gasteiger partial charge in [-0.25, -0.2) is 9.78 Å². The van der Waals surface area contributed by atoms with Crippen LogP contribution in [0.4, 0.5) is 10.8 Å². The molecule has 0 unspecified atom stereocenters. The number of carbonyl (C=O) groups is 1. The number of rotatable bonds is 7. The fraction of sp³-hybridized carbons (Fsp3) is 0.125. The molecule has 2 heterocycles. The van der Waals surface area contributed by atoms with Gasteiger partial charge in [0.2, 0.25) is 5.91 Å². The van der Waals surface area contributed by atoms with Gasteiger partial charge in [0.1, 0.15) is 12.3 Å². The Morgan fingerprint density at radius 2 is 1.97 bits per heavy atom. The summed E-state index contributed by atoms with van der Waals surface area (Å²) in [4.78, 5) is 42.7. The third kappa shape index (κ3) is 4.36. The van der Waals surface area contributed by atoms with E-state index >= 15 is 0 Å². The normalized spacial score (nSPS) is 11.1. The van der Waals surface area contributed by atoms with Crippen molar-refractivity contribution < 1.29 is 18.9 Å². The first kappa shape index (κ1) is 22.3. The quantitative estimate of drug-likeness (QED) is 0.246. The number of carbonyl (C=O) groups excluding carboxylic acids is 1. The van der Waals surface area contributed by atoms with Gasteiger partial charge in [0, 0.05) is 6.07 Å². The van der Waals surface area contributed by atoms with E-state index in [1.807, 2.05) is 42.5 Å². The van der Waals surface area contributed by atoms with Crippen molar-refractivity contribution in [2.24, 2.45) is 0 Å². The third-order valence-electron chi connectivity index (χ3n) is 5.46. The number of anilines is 1. The van der Waals surface area contributed by atoms with Crippen molar-refractivity contribution in [2.45, 2.75) is 13.1 Å². The predicted octanol–water partition coefficient (Wildman–Crippen LogP) is 4.35. The molecule has 0 N–H and O–H groups in total. The number of oxazole rings is 1. The molecule has 0 spiro atoms. The number of nitro groups is 1. The van der Waals surface area contributed by atoms with E-state index in [1.165, 1.54) is 34.4 Å². The summed E-state index contributed by atoms with van der Waals surface area (Å²) in [5.74, 6) is -0.482. The van der Waals surface area contributed by atoms with E-state index in [-0.39, 0.29) is 30.3 Å². The molecule has 5 rings (SSSR count). The number of ether oxygens (including phenoxy) is 1. The molecule has 0 atom stereocenters. The van der Waals surface area contributed by atoms with Crippen molar-refractivity contribution in [3.05, 3.63) is 93.0 Å². The van der Waals surface area contributed by atoms with Gasteiger partial charge in [-0.05, 0) is 29.8 Å². The van der Waals surface area contributed by atoms with Gasteiger partial charge in [-0.15, -0.1) is 0 Å². The van der Waals surface area contributed by atoms with E-state index in [4.69, 9.17) is 9.15 Å². The van der Waals surface area contributed by atoms with Gasteiger partial charge in [0.25, 0.3) is 5.69 Å². The lowest BCUT2D eigenvalue weighted by molar-refractivity contribution is -0.384. The number of methoxy groups -OCH3 is 1. The molecular weight excluding hydrogens is 472 g/mol. The van der Waals surface area contributed by atoms with Crippen LogP contribution in [0.1, 0.15) is 5.56 Å². The highest BCUT2D eigenvalue weighted by Gasteiger charge is 2.23.